The standard InChI is InChI=1S/C20H27N5/c1-15-14-19(24-20(21-15)23-16-6-2-3-7-16)22-17-8-10-18(11-9-17)25-12-4-5-13-25/h8-11,14,16H,2-7,12-13H2,1H3,(H2,21,22,23,24). The number of hydrogen-bond donors (Lipinski definition) is 2. The maximum atomic E-state index is 4.65. The molecule has 132 valence electrons. The van der Waals surface area contributed by atoms with E-state index in [-0.39, 0.29) is 0 Å². The van der Waals surface area contributed by atoms with Gasteiger partial charge in [0.25, 0.3) is 0 Å². The van der Waals surface area contributed by atoms with Crippen molar-refractivity contribution >= 4 is 23.1 Å². The largest absolute Gasteiger partial charge is 0.372 e. The van der Waals surface area contributed by atoms with E-state index in [9.17, 15) is 0 Å². The van der Waals surface area contributed by atoms with Crippen molar-refractivity contribution in [2.24, 2.45) is 0 Å². The van der Waals surface area contributed by atoms with Crippen molar-refractivity contribution in [2.45, 2.75) is 51.5 Å². The molecule has 5 nitrogen and oxygen atoms in total. The third-order valence-electron chi connectivity index (χ3n) is 5.15. The summed E-state index contributed by atoms with van der Waals surface area (Å²) in [4.78, 5) is 11.6. The fraction of sp³-hybridized carbons (Fsp3) is 0.500. The molecule has 2 aliphatic rings. The molecule has 1 aromatic heterocycles. The van der Waals surface area contributed by atoms with Crippen LogP contribution in [0.5, 0.6) is 0 Å². The lowest BCUT2D eigenvalue weighted by Crippen LogP contribution is -2.17. The van der Waals surface area contributed by atoms with E-state index in [1.807, 2.05) is 13.0 Å². The van der Waals surface area contributed by atoms with Gasteiger partial charge in [-0.05, 0) is 56.9 Å². The second-order valence-corrected chi connectivity index (χ2v) is 7.21. The SMILES string of the molecule is Cc1cc(Nc2ccc(N3CCCC3)cc2)nc(NC2CCCC2)n1. The lowest BCUT2D eigenvalue weighted by molar-refractivity contribution is 0.743. The molecule has 1 aromatic carbocycles. The maximum Gasteiger partial charge on any atom is 0.225 e. The summed E-state index contributed by atoms with van der Waals surface area (Å²) < 4.78 is 0. The summed E-state index contributed by atoms with van der Waals surface area (Å²) in [6.45, 7) is 4.37. The molecular formula is C20H27N5. The van der Waals surface area contributed by atoms with Crippen molar-refractivity contribution < 1.29 is 0 Å². The van der Waals surface area contributed by atoms with Crippen LogP contribution >= 0.6 is 0 Å². The first-order valence-electron chi connectivity index (χ1n) is 9.50. The van der Waals surface area contributed by atoms with Gasteiger partial charge in [-0.2, -0.15) is 4.98 Å². The van der Waals surface area contributed by atoms with Crippen LogP contribution in [0.25, 0.3) is 0 Å². The Bertz CT molecular complexity index is 701. The molecule has 2 heterocycles. The number of nitrogens with zero attached hydrogens (tertiary/aromatic N) is 3. The van der Waals surface area contributed by atoms with Crippen LogP contribution in [0.1, 0.15) is 44.2 Å². The Labute approximate surface area is 149 Å². The van der Waals surface area contributed by atoms with Gasteiger partial charge in [-0.25, -0.2) is 4.98 Å². The fourth-order valence-corrected chi connectivity index (χ4v) is 3.83. The first kappa shape index (κ1) is 16.2. The molecule has 0 amide bonds. The number of benzene rings is 1. The molecule has 0 bridgehead atoms. The van der Waals surface area contributed by atoms with Gasteiger partial charge in [0, 0.05) is 42.3 Å². The summed E-state index contributed by atoms with van der Waals surface area (Å²) in [6.07, 6.45) is 7.65. The Balaban J connectivity index is 1.45. The van der Waals surface area contributed by atoms with Gasteiger partial charge in [-0.1, -0.05) is 12.8 Å². The second kappa shape index (κ2) is 7.30. The molecule has 2 N–H and O–H groups in total. The van der Waals surface area contributed by atoms with E-state index in [0.717, 1.165) is 23.1 Å². The summed E-state index contributed by atoms with van der Waals surface area (Å²) in [5, 5.41) is 6.90. The Morgan fingerprint density at radius 3 is 2.40 bits per heavy atom. The molecule has 0 radical (unpaired) electrons. The van der Waals surface area contributed by atoms with Crippen LogP contribution in [0, 0.1) is 6.92 Å². The highest BCUT2D eigenvalue weighted by molar-refractivity contribution is 5.61. The van der Waals surface area contributed by atoms with Gasteiger partial charge in [0.2, 0.25) is 5.95 Å². The van der Waals surface area contributed by atoms with Crippen molar-refractivity contribution in [3.63, 3.8) is 0 Å². The average Bonchev–Trinajstić information content (AvgIpc) is 3.28. The van der Waals surface area contributed by atoms with Gasteiger partial charge in [0.05, 0.1) is 0 Å². The van der Waals surface area contributed by atoms with E-state index in [4.69, 9.17) is 0 Å². The van der Waals surface area contributed by atoms with E-state index >= 15 is 0 Å². The molecule has 1 aliphatic heterocycles. The molecule has 1 aliphatic carbocycles. The molecule has 2 fully saturated rings. The van der Waals surface area contributed by atoms with Crippen LogP contribution in [0.3, 0.4) is 0 Å². The number of aryl methyl sites for hydroxylation is 1. The van der Waals surface area contributed by atoms with Gasteiger partial charge in [0.1, 0.15) is 5.82 Å². The Kier molecular flexibility index (Phi) is 4.72. The van der Waals surface area contributed by atoms with Crippen LogP contribution < -0.4 is 15.5 Å². The van der Waals surface area contributed by atoms with E-state index < -0.39 is 0 Å². The van der Waals surface area contributed by atoms with Gasteiger partial charge in [-0.15, -0.1) is 0 Å². The first-order valence-corrected chi connectivity index (χ1v) is 9.50. The molecule has 5 heteroatoms. The third-order valence-corrected chi connectivity index (χ3v) is 5.15. The molecule has 1 saturated heterocycles. The monoisotopic (exact) mass is 337 g/mol. The van der Waals surface area contributed by atoms with E-state index in [2.05, 4.69) is 49.8 Å². The second-order valence-electron chi connectivity index (χ2n) is 7.21. The summed E-state index contributed by atoms with van der Waals surface area (Å²) in [7, 11) is 0. The van der Waals surface area contributed by atoms with Crippen LogP contribution in [-0.2, 0) is 0 Å². The van der Waals surface area contributed by atoms with Crippen LogP contribution in [-0.4, -0.2) is 29.1 Å². The van der Waals surface area contributed by atoms with Crippen LogP contribution in [0.15, 0.2) is 30.3 Å². The Morgan fingerprint density at radius 2 is 1.68 bits per heavy atom. The zero-order chi connectivity index (χ0) is 17.1. The number of aromatic nitrogens is 2. The molecular weight excluding hydrogens is 310 g/mol. The van der Waals surface area contributed by atoms with E-state index in [0.29, 0.717) is 6.04 Å². The predicted octanol–water partition coefficient (Wildman–Crippen LogP) is 4.48. The van der Waals surface area contributed by atoms with Crippen molar-refractivity contribution in [1.29, 1.82) is 0 Å². The number of hydrogen-bond acceptors (Lipinski definition) is 5. The number of nitrogens with one attached hydrogen (secondary N) is 2. The Hall–Kier alpha value is -2.30. The topological polar surface area (TPSA) is 53.1 Å². The van der Waals surface area contributed by atoms with Gasteiger partial charge in [0.15, 0.2) is 0 Å². The Morgan fingerprint density at radius 1 is 0.960 bits per heavy atom. The van der Waals surface area contributed by atoms with Crippen molar-refractivity contribution in [1.82, 2.24) is 9.97 Å². The lowest BCUT2D eigenvalue weighted by Gasteiger charge is -2.18. The van der Waals surface area contributed by atoms with E-state index in [1.165, 1.54) is 57.3 Å². The fourth-order valence-electron chi connectivity index (χ4n) is 3.83. The summed E-state index contributed by atoms with van der Waals surface area (Å²) in [5.74, 6) is 1.59. The minimum atomic E-state index is 0.523. The van der Waals surface area contributed by atoms with Crippen LogP contribution in [0.4, 0.5) is 23.1 Å². The quantitative estimate of drug-likeness (QED) is 0.842. The number of rotatable bonds is 5. The molecule has 0 atom stereocenters. The number of anilines is 4. The normalized spacial score (nSPS) is 17.9. The minimum Gasteiger partial charge on any atom is -0.372 e. The molecule has 4 rings (SSSR count). The van der Waals surface area contributed by atoms with Crippen molar-refractivity contribution in [3.8, 4) is 0 Å². The molecule has 2 aromatic rings. The summed E-state index contributed by atoms with van der Waals surface area (Å²) in [5.41, 5.74) is 3.35. The van der Waals surface area contributed by atoms with Gasteiger partial charge in [-0.3, -0.25) is 0 Å². The van der Waals surface area contributed by atoms with Crippen molar-refractivity contribution in [3.05, 3.63) is 36.0 Å². The average molecular weight is 337 g/mol. The highest BCUT2D eigenvalue weighted by Gasteiger charge is 2.16. The van der Waals surface area contributed by atoms with Crippen molar-refractivity contribution in [2.75, 3.05) is 28.6 Å². The molecule has 0 unspecified atom stereocenters. The summed E-state index contributed by atoms with van der Waals surface area (Å²) in [6, 6.07) is 11.2. The molecule has 25 heavy (non-hydrogen) atoms. The van der Waals surface area contributed by atoms with Crippen LogP contribution in [0.2, 0.25) is 0 Å². The minimum absolute atomic E-state index is 0.523. The third kappa shape index (κ3) is 4.03. The highest BCUT2D eigenvalue weighted by Crippen LogP contribution is 2.25. The molecule has 0 spiro atoms. The van der Waals surface area contributed by atoms with Gasteiger partial charge >= 0.3 is 0 Å². The highest BCUT2D eigenvalue weighted by atomic mass is 15.2. The molecule has 1 saturated carbocycles. The van der Waals surface area contributed by atoms with Gasteiger partial charge < -0.3 is 15.5 Å². The summed E-state index contributed by atoms with van der Waals surface area (Å²) >= 11 is 0. The lowest BCUT2D eigenvalue weighted by atomic mass is 10.2. The smallest absolute Gasteiger partial charge is 0.225 e. The van der Waals surface area contributed by atoms with E-state index in [1.54, 1.807) is 0 Å². The predicted molar refractivity (Wildman–Crippen MR) is 104 cm³/mol. The zero-order valence-corrected chi connectivity index (χ0v) is 15.0. The first-order chi connectivity index (χ1) is 12.3. The maximum absolute atomic E-state index is 4.65. The zero-order valence-electron chi connectivity index (χ0n) is 15.0.